The lowest BCUT2D eigenvalue weighted by Crippen LogP contribution is -2.64. The molecule has 7 nitrogen and oxygen atoms in total. The number of methoxy groups -OCH3 is 2. The van der Waals surface area contributed by atoms with E-state index < -0.39 is 5.54 Å². The molecule has 1 aromatic heterocycles. The van der Waals surface area contributed by atoms with Gasteiger partial charge in [0, 0.05) is 18.0 Å². The average molecular weight is 414 g/mol. The van der Waals surface area contributed by atoms with Gasteiger partial charge in [0.25, 0.3) is 5.91 Å². The van der Waals surface area contributed by atoms with Crippen molar-refractivity contribution in [1.29, 1.82) is 0 Å². The smallest absolute Gasteiger partial charge is 0.271 e. The highest BCUT2D eigenvalue weighted by molar-refractivity contribution is 6.05. The van der Waals surface area contributed by atoms with Crippen molar-refractivity contribution < 1.29 is 19.1 Å². The van der Waals surface area contributed by atoms with Crippen LogP contribution in [0.4, 0.5) is 0 Å². The van der Waals surface area contributed by atoms with Gasteiger partial charge in [-0.05, 0) is 44.4 Å². The maximum Gasteiger partial charge on any atom is 0.271 e. The van der Waals surface area contributed by atoms with Gasteiger partial charge in [0.2, 0.25) is 5.91 Å². The van der Waals surface area contributed by atoms with E-state index >= 15 is 0 Å². The zero-order valence-corrected chi connectivity index (χ0v) is 18.3. The van der Waals surface area contributed by atoms with Crippen LogP contribution in [0.1, 0.15) is 56.4 Å². The zero-order valence-electron chi connectivity index (χ0n) is 18.3. The first kappa shape index (κ1) is 20.6. The van der Waals surface area contributed by atoms with Crippen LogP contribution in [0.3, 0.4) is 0 Å². The quantitative estimate of drug-likeness (QED) is 0.788. The van der Waals surface area contributed by atoms with E-state index in [1.165, 1.54) is 0 Å². The molecular weight excluding hydrogens is 382 g/mol. The van der Waals surface area contributed by atoms with Crippen molar-refractivity contribution in [3.05, 3.63) is 23.9 Å². The van der Waals surface area contributed by atoms with Gasteiger partial charge >= 0.3 is 0 Å². The summed E-state index contributed by atoms with van der Waals surface area (Å²) in [7, 11) is 3.23. The predicted molar refractivity (Wildman–Crippen MR) is 115 cm³/mol. The number of aromatic nitrogens is 1. The molecule has 1 N–H and O–H groups in total. The summed E-state index contributed by atoms with van der Waals surface area (Å²) in [6.45, 7) is 4.81. The lowest BCUT2D eigenvalue weighted by Gasteiger charge is -2.44. The van der Waals surface area contributed by atoms with Crippen molar-refractivity contribution in [2.75, 3.05) is 20.8 Å². The van der Waals surface area contributed by atoms with E-state index in [9.17, 15) is 9.59 Å². The molecule has 2 amide bonds. The minimum Gasteiger partial charge on any atom is -0.496 e. The number of hydrogen-bond donors (Lipinski definition) is 1. The maximum atomic E-state index is 13.6. The lowest BCUT2D eigenvalue weighted by atomic mass is 9.94. The standard InChI is InChI=1S/C23H31N3O4/c1-5-12-26-21(27)17-13-16-18(29-3)10-11-19(30-4)20(16)25(17)14-23(26,2)22(28)24-15-8-6-7-9-15/h10-11,13,15H,5-9,12,14H2,1-4H3,(H,24,28)/t23-/m0/s1. The Morgan fingerprint density at radius 2 is 1.87 bits per heavy atom. The molecule has 1 fully saturated rings. The Morgan fingerprint density at radius 1 is 1.20 bits per heavy atom. The van der Waals surface area contributed by atoms with Crippen LogP contribution in [0.2, 0.25) is 0 Å². The molecule has 162 valence electrons. The van der Waals surface area contributed by atoms with E-state index in [1.54, 1.807) is 19.1 Å². The Morgan fingerprint density at radius 3 is 2.50 bits per heavy atom. The summed E-state index contributed by atoms with van der Waals surface area (Å²) in [6.07, 6.45) is 5.08. The van der Waals surface area contributed by atoms with E-state index in [-0.39, 0.29) is 17.9 Å². The normalized spacial score (nSPS) is 21.7. The molecule has 1 aliphatic carbocycles. The van der Waals surface area contributed by atoms with Crippen LogP contribution in [0.15, 0.2) is 18.2 Å². The molecule has 0 unspecified atom stereocenters. The van der Waals surface area contributed by atoms with Crippen LogP contribution < -0.4 is 14.8 Å². The lowest BCUT2D eigenvalue weighted by molar-refractivity contribution is -0.133. The number of rotatable bonds is 6. The number of benzene rings is 1. The van der Waals surface area contributed by atoms with Gasteiger partial charge in [-0.1, -0.05) is 19.8 Å². The summed E-state index contributed by atoms with van der Waals surface area (Å²) in [5.41, 5.74) is 0.381. The Hall–Kier alpha value is -2.70. The Bertz CT molecular complexity index is 976. The van der Waals surface area contributed by atoms with E-state index in [4.69, 9.17) is 9.47 Å². The highest BCUT2D eigenvalue weighted by Crippen LogP contribution is 2.40. The molecule has 1 atom stereocenters. The van der Waals surface area contributed by atoms with E-state index in [0.29, 0.717) is 30.3 Å². The molecular formula is C23H31N3O4. The van der Waals surface area contributed by atoms with Gasteiger partial charge in [0.05, 0.1) is 26.3 Å². The van der Waals surface area contributed by atoms with Crippen molar-refractivity contribution >= 4 is 22.7 Å². The minimum atomic E-state index is -0.970. The molecule has 2 aromatic rings. The second-order valence-corrected chi connectivity index (χ2v) is 8.53. The van der Waals surface area contributed by atoms with Crippen LogP contribution in [-0.2, 0) is 11.3 Å². The van der Waals surface area contributed by atoms with Crippen molar-refractivity contribution in [3.8, 4) is 11.5 Å². The van der Waals surface area contributed by atoms with Gasteiger partial charge < -0.3 is 24.3 Å². The van der Waals surface area contributed by atoms with Gasteiger partial charge in [-0.2, -0.15) is 0 Å². The fraction of sp³-hybridized carbons (Fsp3) is 0.565. The molecule has 0 radical (unpaired) electrons. The molecule has 4 rings (SSSR count). The monoisotopic (exact) mass is 413 g/mol. The summed E-state index contributed by atoms with van der Waals surface area (Å²) in [5.74, 6) is 1.13. The summed E-state index contributed by atoms with van der Waals surface area (Å²) in [4.78, 5) is 28.8. The highest BCUT2D eigenvalue weighted by atomic mass is 16.5. The van der Waals surface area contributed by atoms with Crippen molar-refractivity contribution in [1.82, 2.24) is 14.8 Å². The predicted octanol–water partition coefficient (Wildman–Crippen LogP) is 3.34. The number of amides is 2. The first-order valence-corrected chi connectivity index (χ1v) is 10.8. The summed E-state index contributed by atoms with van der Waals surface area (Å²) < 4.78 is 13.1. The van der Waals surface area contributed by atoms with Crippen LogP contribution in [0.5, 0.6) is 11.5 Å². The second kappa shape index (κ2) is 7.85. The Balaban J connectivity index is 1.83. The molecule has 2 heterocycles. The number of ether oxygens (including phenoxy) is 2. The van der Waals surface area contributed by atoms with Crippen molar-refractivity contribution in [3.63, 3.8) is 0 Å². The summed E-state index contributed by atoms with van der Waals surface area (Å²) in [5, 5.41) is 4.03. The molecule has 1 saturated carbocycles. The van der Waals surface area contributed by atoms with Gasteiger partial charge in [-0.3, -0.25) is 9.59 Å². The largest absolute Gasteiger partial charge is 0.496 e. The second-order valence-electron chi connectivity index (χ2n) is 8.53. The highest BCUT2D eigenvalue weighted by Gasteiger charge is 2.48. The third-order valence-corrected chi connectivity index (χ3v) is 6.57. The molecule has 30 heavy (non-hydrogen) atoms. The molecule has 1 aromatic carbocycles. The number of nitrogens with zero attached hydrogens (tertiary/aromatic N) is 2. The van der Waals surface area contributed by atoms with Crippen molar-refractivity contribution in [2.24, 2.45) is 0 Å². The molecule has 0 bridgehead atoms. The Kier molecular flexibility index (Phi) is 5.38. The average Bonchev–Trinajstić information content (AvgIpc) is 3.38. The number of fused-ring (bicyclic) bond motifs is 3. The third-order valence-electron chi connectivity index (χ3n) is 6.57. The molecule has 0 spiro atoms. The number of carbonyl (C=O) groups excluding carboxylic acids is 2. The van der Waals surface area contributed by atoms with Gasteiger partial charge in [0.1, 0.15) is 22.7 Å². The van der Waals surface area contributed by atoms with Gasteiger partial charge in [-0.25, -0.2) is 0 Å². The maximum absolute atomic E-state index is 13.6. The number of carbonyl (C=O) groups is 2. The first-order valence-electron chi connectivity index (χ1n) is 10.8. The summed E-state index contributed by atoms with van der Waals surface area (Å²) in [6, 6.07) is 5.74. The topological polar surface area (TPSA) is 72.8 Å². The molecule has 0 saturated heterocycles. The summed E-state index contributed by atoms with van der Waals surface area (Å²) >= 11 is 0. The number of nitrogens with one attached hydrogen (secondary N) is 1. The molecule has 7 heteroatoms. The third kappa shape index (κ3) is 3.11. The SMILES string of the molecule is CCCN1C(=O)c2cc3c(OC)ccc(OC)c3n2C[C@@]1(C)C(=O)NC1CCCC1. The number of hydrogen-bond acceptors (Lipinski definition) is 4. The minimum absolute atomic E-state index is 0.0782. The van der Waals surface area contributed by atoms with E-state index in [1.807, 2.05) is 36.6 Å². The van der Waals surface area contributed by atoms with Crippen LogP contribution >= 0.6 is 0 Å². The van der Waals surface area contributed by atoms with Crippen molar-refractivity contribution in [2.45, 2.75) is 64.1 Å². The molecule has 1 aliphatic heterocycles. The first-order chi connectivity index (χ1) is 14.4. The van der Waals surface area contributed by atoms with Crippen LogP contribution in [0, 0.1) is 0 Å². The fourth-order valence-electron chi connectivity index (χ4n) is 4.94. The Labute approximate surface area is 177 Å². The molecule has 2 aliphatic rings. The zero-order chi connectivity index (χ0) is 21.5. The van der Waals surface area contributed by atoms with Gasteiger partial charge in [0.15, 0.2) is 0 Å². The van der Waals surface area contributed by atoms with E-state index in [0.717, 1.165) is 43.0 Å². The van der Waals surface area contributed by atoms with Crippen LogP contribution in [-0.4, -0.2) is 53.6 Å². The fourth-order valence-corrected chi connectivity index (χ4v) is 4.94. The van der Waals surface area contributed by atoms with Crippen LogP contribution in [0.25, 0.3) is 10.9 Å². The van der Waals surface area contributed by atoms with Gasteiger partial charge in [-0.15, -0.1) is 0 Å². The van der Waals surface area contributed by atoms with E-state index in [2.05, 4.69) is 5.32 Å².